The number of hydrogen-bond donors (Lipinski definition) is 1. The molecule has 1 N–H and O–H groups in total. The van der Waals surface area contributed by atoms with Crippen LogP contribution >= 0.6 is 0 Å². The third-order valence-electron chi connectivity index (χ3n) is 6.46. The molecule has 0 saturated carbocycles. The van der Waals surface area contributed by atoms with Gasteiger partial charge in [0.2, 0.25) is 0 Å². The van der Waals surface area contributed by atoms with Crippen molar-refractivity contribution in [2.24, 2.45) is 5.41 Å². The highest BCUT2D eigenvalue weighted by Crippen LogP contribution is 2.35. The van der Waals surface area contributed by atoms with Gasteiger partial charge in [-0.1, -0.05) is 61.0 Å². The number of aromatic nitrogens is 1. The molecular formula is C31H35NO5. The Balaban J connectivity index is 1.28. The van der Waals surface area contributed by atoms with Gasteiger partial charge in [0.25, 0.3) is 0 Å². The third-order valence-corrected chi connectivity index (χ3v) is 6.46. The van der Waals surface area contributed by atoms with Crippen LogP contribution in [0.3, 0.4) is 0 Å². The standard InChI is InChI=1S/C31H35NO5/c1-4-10-25-27(18-17-26-28(32-37-29(25)26)23-11-6-5-7-12-23)36-20-9-8-19-35-24-15-13-22(14-16-24)21-31(2,3)30(33)34/h5-7,11-18H,4,8-10,19-21H2,1-3H3,(H,33,34). The molecule has 0 unspecified atom stereocenters. The van der Waals surface area contributed by atoms with Gasteiger partial charge in [0, 0.05) is 11.1 Å². The molecule has 0 atom stereocenters. The fourth-order valence-corrected chi connectivity index (χ4v) is 4.33. The molecule has 0 aliphatic carbocycles. The summed E-state index contributed by atoms with van der Waals surface area (Å²) in [6, 6.07) is 21.8. The minimum atomic E-state index is -0.797. The van der Waals surface area contributed by atoms with Crippen LogP contribution in [0, 0.1) is 5.41 Å². The molecule has 6 nitrogen and oxygen atoms in total. The number of carboxylic acids is 1. The lowest BCUT2D eigenvalue weighted by Gasteiger charge is -2.19. The van der Waals surface area contributed by atoms with E-state index < -0.39 is 11.4 Å². The molecule has 0 saturated heterocycles. The number of carboxylic acid groups (broad SMARTS) is 1. The van der Waals surface area contributed by atoms with Crippen LogP contribution in [0.2, 0.25) is 0 Å². The zero-order valence-corrected chi connectivity index (χ0v) is 21.8. The van der Waals surface area contributed by atoms with E-state index >= 15 is 0 Å². The van der Waals surface area contributed by atoms with Crippen LogP contribution in [0.1, 0.15) is 51.2 Å². The molecular weight excluding hydrogens is 466 g/mol. The molecule has 0 fully saturated rings. The highest BCUT2D eigenvalue weighted by atomic mass is 16.5. The largest absolute Gasteiger partial charge is 0.494 e. The Morgan fingerprint density at radius 2 is 1.65 bits per heavy atom. The van der Waals surface area contributed by atoms with Crippen LogP contribution in [0.4, 0.5) is 0 Å². The maximum atomic E-state index is 11.3. The van der Waals surface area contributed by atoms with Crippen molar-refractivity contribution in [2.75, 3.05) is 13.2 Å². The van der Waals surface area contributed by atoms with Crippen molar-refractivity contribution in [1.29, 1.82) is 0 Å². The third kappa shape index (κ3) is 6.50. The number of carbonyl (C=O) groups is 1. The van der Waals surface area contributed by atoms with Gasteiger partial charge in [-0.3, -0.25) is 4.79 Å². The molecule has 6 heteroatoms. The van der Waals surface area contributed by atoms with Crippen molar-refractivity contribution in [3.05, 3.63) is 77.9 Å². The highest BCUT2D eigenvalue weighted by molar-refractivity contribution is 5.94. The first kappa shape index (κ1) is 26.3. The molecule has 0 radical (unpaired) electrons. The lowest BCUT2D eigenvalue weighted by molar-refractivity contribution is -0.146. The summed E-state index contributed by atoms with van der Waals surface area (Å²) < 4.78 is 17.8. The van der Waals surface area contributed by atoms with E-state index in [4.69, 9.17) is 14.0 Å². The van der Waals surface area contributed by atoms with Gasteiger partial charge in [-0.15, -0.1) is 0 Å². The van der Waals surface area contributed by atoms with Gasteiger partial charge < -0.3 is 19.1 Å². The van der Waals surface area contributed by atoms with Gasteiger partial charge in [0.1, 0.15) is 17.2 Å². The molecule has 4 aromatic rings. The number of aryl methyl sites for hydroxylation is 1. The fourth-order valence-electron chi connectivity index (χ4n) is 4.33. The molecule has 37 heavy (non-hydrogen) atoms. The van der Waals surface area contributed by atoms with Crippen LogP contribution in [0.5, 0.6) is 11.5 Å². The normalized spacial score (nSPS) is 11.5. The van der Waals surface area contributed by atoms with Crippen molar-refractivity contribution in [3.8, 4) is 22.8 Å². The summed E-state index contributed by atoms with van der Waals surface area (Å²) in [6.07, 6.45) is 4.04. The fraction of sp³-hybridized carbons (Fsp3) is 0.355. The average Bonchev–Trinajstić information content (AvgIpc) is 3.33. The van der Waals surface area contributed by atoms with Gasteiger partial charge in [0.05, 0.1) is 24.0 Å². The van der Waals surface area contributed by atoms with Crippen molar-refractivity contribution in [1.82, 2.24) is 5.16 Å². The van der Waals surface area contributed by atoms with Crippen LogP contribution in [-0.4, -0.2) is 29.4 Å². The Kier molecular flexibility index (Phi) is 8.49. The molecule has 0 aliphatic heterocycles. The monoisotopic (exact) mass is 501 g/mol. The van der Waals surface area contributed by atoms with Crippen LogP contribution in [0.15, 0.2) is 71.3 Å². The first-order valence-electron chi connectivity index (χ1n) is 12.9. The van der Waals surface area contributed by atoms with Crippen LogP contribution in [0.25, 0.3) is 22.2 Å². The Bertz CT molecular complexity index is 1310. The second-order valence-corrected chi connectivity index (χ2v) is 9.98. The summed E-state index contributed by atoms with van der Waals surface area (Å²) >= 11 is 0. The second kappa shape index (κ2) is 12.0. The number of ether oxygens (including phenoxy) is 2. The van der Waals surface area contributed by atoms with E-state index in [0.717, 1.165) is 70.5 Å². The van der Waals surface area contributed by atoms with Crippen molar-refractivity contribution in [3.63, 3.8) is 0 Å². The summed E-state index contributed by atoms with van der Waals surface area (Å²) in [4.78, 5) is 11.3. The Morgan fingerprint density at radius 3 is 2.32 bits per heavy atom. The Labute approximate surface area is 218 Å². The van der Waals surface area contributed by atoms with E-state index in [0.29, 0.717) is 19.6 Å². The van der Waals surface area contributed by atoms with Crippen molar-refractivity contribution >= 4 is 16.9 Å². The molecule has 4 rings (SSSR count). The molecule has 0 bridgehead atoms. The maximum Gasteiger partial charge on any atom is 0.309 e. The van der Waals surface area contributed by atoms with E-state index in [-0.39, 0.29) is 0 Å². The number of aliphatic carboxylic acids is 1. The Morgan fingerprint density at radius 1 is 0.946 bits per heavy atom. The van der Waals surface area contributed by atoms with Gasteiger partial charge in [-0.25, -0.2) is 0 Å². The Hall–Kier alpha value is -3.80. The number of benzene rings is 3. The smallest absolute Gasteiger partial charge is 0.309 e. The lowest BCUT2D eigenvalue weighted by Crippen LogP contribution is -2.26. The zero-order chi connectivity index (χ0) is 26.3. The summed E-state index contributed by atoms with van der Waals surface area (Å²) in [6.45, 7) is 6.80. The highest BCUT2D eigenvalue weighted by Gasteiger charge is 2.27. The number of unbranched alkanes of at least 4 members (excludes halogenated alkanes) is 1. The van der Waals surface area contributed by atoms with Crippen molar-refractivity contribution in [2.45, 2.75) is 52.9 Å². The predicted octanol–water partition coefficient (Wildman–Crippen LogP) is 7.34. The first-order valence-corrected chi connectivity index (χ1v) is 12.9. The number of nitrogens with zero attached hydrogens (tertiary/aromatic N) is 1. The van der Waals surface area contributed by atoms with E-state index in [1.807, 2.05) is 66.7 Å². The van der Waals surface area contributed by atoms with E-state index in [9.17, 15) is 9.90 Å². The summed E-state index contributed by atoms with van der Waals surface area (Å²) in [5.41, 5.74) is 3.96. The quantitative estimate of drug-likeness (QED) is 0.193. The molecule has 0 aliphatic rings. The lowest BCUT2D eigenvalue weighted by atomic mass is 9.86. The zero-order valence-electron chi connectivity index (χ0n) is 21.8. The minimum absolute atomic E-state index is 0.480. The number of hydrogen-bond acceptors (Lipinski definition) is 5. The van der Waals surface area contributed by atoms with Crippen LogP contribution < -0.4 is 9.47 Å². The second-order valence-electron chi connectivity index (χ2n) is 9.98. The topological polar surface area (TPSA) is 81.8 Å². The van der Waals surface area contributed by atoms with Crippen molar-refractivity contribution < 1.29 is 23.9 Å². The van der Waals surface area contributed by atoms with E-state index in [2.05, 4.69) is 12.1 Å². The van der Waals surface area contributed by atoms with Gasteiger partial charge >= 0.3 is 5.97 Å². The van der Waals surface area contributed by atoms with Gasteiger partial charge in [-0.05, 0) is 69.4 Å². The minimum Gasteiger partial charge on any atom is -0.494 e. The first-order chi connectivity index (χ1) is 17.9. The SMILES string of the molecule is CCCc1c(OCCCCOc2ccc(CC(C)(C)C(=O)O)cc2)ccc2c(-c3ccccc3)noc12. The molecule has 0 spiro atoms. The molecule has 0 amide bonds. The molecule has 1 heterocycles. The van der Waals surface area contributed by atoms with Crippen LogP contribution in [-0.2, 0) is 17.6 Å². The summed E-state index contributed by atoms with van der Waals surface area (Å²) in [5.74, 6) is 0.841. The van der Waals surface area contributed by atoms with E-state index in [1.165, 1.54) is 0 Å². The van der Waals surface area contributed by atoms with Gasteiger partial charge in [0.15, 0.2) is 5.58 Å². The molecule has 3 aromatic carbocycles. The number of fused-ring (bicyclic) bond motifs is 1. The van der Waals surface area contributed by atoms with E-state index in [1.54, 1.807) is 13.8 Å². The number of rotatable bonds is 13. The summed E-state index contributed by atoms with van der Waals surface area (Å²) in [5, 5.41) is 14.7. The average molecular weight is 502 g/mol. The molecule has 1 aromatic heterocycles. The van der Waals surface area contributed by atoms with Gasteiger partial charge in [-0.2, -0.15) is 0 Å². The maximum absolute atomic E-state index is 11.3. The predicted molar refractivity (Wildman–Crippen MR) is 145 cm³/mol. The summed E-state index contributed by atoms with van der Waals surface area (Å²) in [7, 11) is 0. The molecule has 194 valence electrons.